The fourth-order valence-electron chi connectivity index (χ4n) is 2.83. The molecule has 0 saturated carbocycles. The zero-order valence-electron chi connectivity index (χ0n) is 14.0. The average molecular weight is 420 g/mol. The first-order chi connectivity index (χ1) is 11.8. The van der Waals surface area contributed by atoms with E-state index in [4.69, 9.17) is 5.73 Å². The quantitative estimate of drug-likeness (QED) is 0.771. The number of nitrogens with zero attached hydrogens (tertiary/aromatic N) is 2. The smallest absolute Gasteiger partial charge is 0.231 e. The van der Waals surface area contributed by atoms with Crippen LogP contribution in [0.4, 0.5) is 0 Å². The molecule has 1 atom stereocenters. The van der Waals surface area contributed by atoms with E-state index < -0.39 is 5.54 Å². The van der Waals surface area contributed by atoms with Crippen LogP contribution in [0.2, 0.25) is 0 Å². The van der Waals surface area contributed by atoms with E-state index in [2.05, 4.69) is 20.9 Å². The van der Waals surface area contributed by atoms with E-state index in [1.807, 2.05) is 43.3 Å². The molecule has 0 spiro atoms. The maximum absolute atomic E-state index is 12.4. The maximum atomic E-state index is 12.4. The van der Waals surface area contributed by atoms with Crippen molar-refractivity contribution in [2.75, 3.05) is 7.05 Å². The molecule has 0 fully saturated rings. The fourth-order valence-corrected chi connectivity index (χ4v) is 4.15. The van der Waals surface area contributed by atoms with Gasteiger partial charge in [0.05, 0.1) is 20.6 Å². The first-order valence-corrected chi connectivity index (χ1v) is 9.39. The van der Waals surface area contributed by atoms with Gasteiger partial charge < -0.3 is 5.73 Å². The van der Waals surface area contributed by atoms with E-state index in [1.54, 1.807) is 7.05 Å². The van der Waals surface area contributed by atoms with Gasteiger partial charge in [0, 0.05) is 13.5 Å². The zero-order chi connectivity index (χ0) is 18.2. The number of halogens is 1. The number of benzene rings is 1. The number of aliphatic imine (C=N–C) groups is 1. The Kier molecular flexibility index (Phi) is 4.79. The van der Waals surface area contributed by atoms with Crippen LogP contribution in [0, 0.1) is 0 Å². The Bertz CT molecular complexity index is 877. The molecule has 1 aromatic heterocycles. The number of nitrogens with two attached hydrogens (primary N) is 1. The molecule has 2 aromatic rings. The first-order valence-electron chi connectivity index (χ1n) is 7.78. The lowest BCUT2D eigenvalue weighted by molar-refractivity contribution is -0.128. The number of ketones is 1. The van der Waals surface area contributed by atoms with Gasteiger partial charge >= 0.3 is 0 Å². The number of thiophene rings is 1. The molecule has 2 N–H and O–H groups in total. The molecule has 0 saturated heterocycles. The summed E-state index contributed by atoms with van der Waals surface area (Å²) in [6.07, 6.45) is 0.559. The number of carbonyl (C=O) groups is 2. The Morgan fingerprint density at radius 1 is 1.40 bits per heavy atom. The summed E-state index contributed by atoms with van der Waals surface area (Å²) in [5.41, 5.74) is 6.95. The van der Waals surface area contributed by atoms with Crippen LogP contribution in [-0.2, 0) is 16.8 Å². The van der Waals surface area contributed by atoms with Crippen LogP contribution in [0.5, 0.6) is 0 Å². The second-order valence-corrected chi connectivity index (χ2v) is 8.74. The Hall–Kier alpha value is -1.99. The Morgan fingerprint density at radius 3 is 2.80 bits per heavy atom. The molecule has 0 bridgehead atoms. The minimum Gasteiger partial charge on any atom is -0.369 e. The second-order valence-electron chi connectivity index (χ2n) is 6.28. The van der Waals surface area contributed by atoms with Gasteiger partial charge in [0.2, 0.25) is 5.91 Å². The van der Waals surface area contributed by atoms with Crippen molar-refractivity contribution in [2.24, 2.45) is 10.7 Å². The minimum absolute atomic E-state index is 0.0695. The van der Waals surface area contributed by atoms with Crippen LogP contribution in [-0.4, -0.2) is 29.6 Å². The first kappa shape index (κ1) is 17.8. The van der Waals surface area contributed by atoms with Crippen molar-refractivity contribution in [1.29, 1.82) is 0 Å². The van der Waals surface area contributed by atoms with Crippen molar-refractivity contribution in [3.63, 3.8) is 0 Å². The van der Waals surface area contributed by atoms with Crippen LogP contribution in [0.1, 0.15) is 34.1 Å². The Labute approximate surface area is 158 Å². The predicted octanol–water partition coefficient (Wildman–Crippen LogP) is 3.33. The highest BCUT2D eigenvalue weighted by Gasteiger charge is 2.36. The summed E-state index contributed by atoms with van der Waals surface area (Å²) in [6.45, 7) is 1.89. The summed E-state index contributed by atoms with van der Waals surface area (Å²) in [5, 5.41) is 0. The molecule has 7 heteroatoms. The van der Waals surface area contributed by atoms with E-state index in [-0.39, 0.29) is 24.1 Å². The number of guanidine groups is 1. The largest absolute Gasteiger partial charge is 0.369 e. The van der Waals surface area contributed by atoms with Crippen LogP contribution in [0.25, 0.3) is 0 Å². The van der Waals surface area contributed by atoms with Gasteiger partial charge in [-0.05, 0) is 46.1 Å². The Balaban J connectivity index is 1.87. The van der Waals surface area contributed by atoms with Gasteiger partial charge in [0.15, 0.2) is 11.7 Å². The molecule has 130 valence electrons. The molecule has 3 rings (SSSR count). The summed E-state index contributed by atoms with van der Waals surface area (Å²) in [5.74, 6) is 0.212. The van der Waals surface area contributed by atoms with Crippen molar-refractivity contribution >= 4 is 44.9 Å². The molecule has 1 aromatic carbocycles. The number of carbonyl (C=O) groups excluding carboxylic acids is 2. The van der Waals surface area contributed by atoms with Gasteiger partial charge in [0.1, 0.15) is 0 Å². The summed E-state index contributed by atoms with van der Waals surface area (Å²) >= 11 is 4.80. The molecule has 0 aliphatic carbocycles. The van der Waals surface area contributed by atoms with Crippen LogP contribution >= 0.6 is 27.3 Å². The molecule has 0 radical (unpaired) electrons. The van der Waals surface area contributed by atoms with Crippen LogP contribution in [0.15, 0.2) is 45.2 Å². The molecule has 5 nitrogen and oxygen atoms in total. The summed E-state index contributed by atoms with van der Waals surface area (Å²) in [6, 6.07) is 11.4. The number of hydrogen-bond donors (Lipinski definition) is 1. The SMILES string of the molecule is CN1C(=O)CC(C)(c2cccc(CC(=O)c3ccc(Br)s3)c2)N=C1N. The molecular weight excluding hydrogens is 402 g/mol. The van der Waals surface area contributed by atoms with Gasteiger partial charge in [-0.15, -0.1) is 11.3 Å². The molecule has 25 heavy (non-hydrogen) atoms. The van der Waals surface area contributed by atoms with E-state index >= 15 is 0 Å². The molecule has 2 heterocycles. The lowest BCUT2D eigenvalue weighted by atomic mass is 9.86. The Morgan fingerprint density at radius 2 is 2.16 bits per heavy atom. The van der Waals surface area contributed by atoms with E-state index in [0.29, 0.717) is 6.42 Å². The van der Waals surface area contributed by atoms with Crippen molar-refractivity contribution < 1.29 is 9.59 Å². The number of amides is 1. The van der Waals surface area contributed by atoms with Gasteiger partial charge in [0.25, 0.3) is 0 Å². The zero-order valence-corrected chi connectivity index (χ0v) is 16.4. The highest BCUT2D eigenvalue weighted by Crippen LogP contribution is 2.33. The minimum atomic E-state index is -0.710. The highest BCUT2D eigenvalue weighted by molar-refractivity contribution is 9.11. The predicted molar refractivity (Wildman–Crippen MR) is 103 cm³/mol. The number of Topliss-reactive ketones (excluding diaryl/α,β-unsaturated/α-hetero) is 1. The van der Waals surface area contributed by atoms with Gasteiger partial charge in [-0.25, -0.2) is 4.99 Å². The van der Waals surface area contributed by atoms with Gasteiger partial charge in [-0.3, -0.25) is 14.5 Å². The number of hydrogen-bond acceptors (Lipinski definition) is 5. The van der Waals surface area contributed by atoms with Crippen LogP contribution in [0.3, 0.4) is 0 Å². The van der Waals surface area contributed by atoms with Gasteiger partial charge in [-0.2, -0.15) is 0 Å². The molecule has 1 amide bonds. The van der Waals surface area contributed by atoms with E-state index in [9.17, 15) is 9.59 Å². The van der Waals surface area contributed by atoms with Gasteiger partial charge in [-0.1, -0.05) is 24.3 Å². The molecule has 1 aliphatic rings. The fraction of sp³-hybridized carbons (Fsp3) is 0.278. The van der Waals surface area contributed by atoms with Crippen molar-refractivity contribution in [2.45, 2.75) is 25.3 Å². The number of rotatable bonds is 4. The summed E-state index contributed by atoms with van der Waals surface area (Å²) in [4.78, 5) is 31.2. The molecule has 1 unspecified atom stereocenters. The van der Waals surface area contributed by atoms with E-state index in [1.165, 1.54) is 16.2 Å². The summed E-state index contributed by atoms with van der Waals surface area (Å²) in [7, 11) is 1.62. The maximum Gasteiger partial charge on any atom is 0.231 e. The lowest BCUT2D eigenvalue weighted by Crippen LogP contribution is -2.47. The second kappa shape index (κ2) is 6.72. The van der Waals surface area contributed by atoms with Crippen LogP contribution < -0.4 is 5.73 Å². The van der Waals surface area contributed by atoms with E-state index in [0.717, 1.165) is 19.8 Å². The third-order valence-electron chi connectivity index (χ3n) is 4.34. The standard InChI is InChI=1S/C18H18BrN3O2S/c1-18(10-16(24)22(2)17(20)21-18)12-5-3-4-11(8-12)9-13(23)14-6-7-15(19)25-14/h3-8H,9-10H2,1-2H3,(H2,20,21). The topological polar surface area (TPSA) is 75.8 Å². The highest BCUT2D eigenvalue weighted by atomic mass is 79.9. The van der Waals surface area contributed by atoms with Crippen molar-refractivity contribution in [3.8, 4) is 0 Å². The summed E-state index contributed by atoms with van der Waals surface area (Å²) < 4.78 is 0.937. The molecule has 1 aliphatic heterocycles. The molecular formula is C18H18BrN3O2S. The van der Waals surface area contributed by atoms with Crippen molar-refractivity contribution in [1.82, 2.24) is 4.90 Å². The normalized spacial score (nSPS) is 20.5. The third kappa shape index (κ3) is 3.67. The monoisotopic (exact) mass is 419 g/mol. The average Bonchev–Trinajstić information content (AvgIpc) is 2.99. The van der Waals surface area contributed by atoms with Crippen molar-refractivity contribution in [3.05, 3.63) is 56.2 Å². The lowest BCUT2D eigenvalue weighted by Gasteiger charge is -2.33. The third-order valence-corrected chi connectivity index (χ3v) is 6.00.